The second kappa shape index (κ2) is 9.16. The van der Waals surface area contributed by atoms with Gasteiger partial charge in [-0.25, -0.2) is 0 Å². The molecule has 1 amide bonds. The minimum atomic E-state index is 0.121. The number of nitrogens with zero attached hydrogens (tertiary/aromatic N) is 3. The number of rotatable bonds is 7. The Bertz CT molecular complexity index is 495. The summed E-state index contributed by atoms with van der Waals surface area (Å²) in [6.07, 6.45) is 0. The first-order valence-corrected chi connectivity index (χ1v) is 8.92. The maximum absolute atomic E-state index is 12.3. The molecule has 0 saturated carbocycles. The summed E-state index contributed by atoms with van der Waals surface area (Å²) >= 11 is 0. The van der Waals surface area contributed by atoms with Crippen molar-refractivity contribution in [3.63, 3.8) is 0 Å². The van der Waals surface area contributed by atoms with E-state index in [1.54, 1.807) is 0 Å². The quantitative estimate of drug-likeness (QED) is 0.820. The van der Waals surface area contributed by atoms with Crippen LogP contribution in [-0.4, -0.2) is 80.0 Å². The number of nitrogens with one attached hydrogen (secondary N) is 1. The lowest BCUT2D eigenvalue weighted by Crippen LogP contribution is -2.51. The molecule has 1 aliphatic heterocycles. The summed E-state index contributed by atoms with van der Waals surface area (Å²) in [4.78, 5) is 19.2. The van der Waals surface area contributed by atoms with Crippen LogP contribution in [0.4, 0.5) is 0 Å². The number of carbonyl (C=O) groups is 1. The molecule has 0 radical (unpaired) electrons. The SMILES string of the molecule is CC(C)N1CCN(CC(=O)NC[C@H](c2ccccc2)N(C)C)CC1. The van der Waals surface area contributed by atoms with Crippen LogP contribution in [0.25, 0.3) is 0 Å². The molecule has 0 aliphatic carbocycles. The summed E-state index contributed by atoms with van der Waals surface area (Å²) < 4.78 is 0. The molecule has 134 valence electrons. The molecular formula is C19H32N4O. The average Bonchev–Trinajstić information content (AvgIpc) is 2.56. The molecule has 0 bridgehead atoms. The summed E-state index contributed by atoms with van der Waals surface area (Å²) in [6.45, 7) is 9.65. The second-order valence-corrected chi connectivity index (χ2v) is 7.10. The van der Waals surface area contributed by atoms with Gasteiger partial charge >= 0.3 is 0 Å². The van der Waals surface area contributed by atoms with Gasteiger partial charge in [-0.05, 0) is 33.5 Å². The Labute approximate surface area is 146 Å². The molecule has 1 atom stereocenters. The monoisotopic (exact) mass is 332 g/mol. The van der Waals surface area contributed by atoms with Crippen molar-refractivity contribution < 1.29 is 4.79 Å². The van der Waals surface area contributed by atoms with E-state index in [0.29, 0.717) is 19.1 Å². The lowest BCUT2D eigenvalue weighted by molar-refractivity contribution is -0.122. The lowest BCUT2D eigenvalue weighted by Gasteiger charge is -2.36. The van der Waals surface area contributed by atoms with Gasteiger partial charge in [0.25, 0.3) is 0 Å². The number of likely N-dealkylation sites (N-methyl/N-ethyl adjacent to an activating group) is 1. The van der Waals surface area contributed by atoms with Gasteiger partial charge < -0.3 is 10.2 Å². The summed E-state index contributed by atoms with van der Waals surface area (Å²) in [5.74, 6) is 0.121. The first-order chi connectivity index (χ1) is 11.5. The summed E-state index contributed by atoms with van der Waals surface area (Å²) in [5, 5.41) is 3.11. The van der Waals surface area contributed by atoms with Crippen LogP contribution >= 0.6 is 0 Å². The molecule has 1 aromatic carbocycles. The third-order valence-corrected chi connectivity index (χ3v) is 4.80. The first kappa shape index (κ1) is 18.9. The first-order valence-electron chi connectivity index (χ1n) is 8.92. The van der Waals surface area contributed by atoms with Gasteiger partial charge in [-0.1, -0.05) is 30.3 Å². The fourth-order valence-electron chi connectivity index (χ4n) is 3.18. The number of hydrogen-bond acceptors (Lipinski definition) is 4. The molecule has 1 N–H and O–H groups in total. The standard InChI is InChI=1S/C19H32N4O/c1-16(2)23-12-10-22(11-13-23)15-19(24)20-14-18(21(3)4)17-8-6-5-7-9-17/h5-9,16,18H,10-15H2,1-4H3,(H,20,24)/t18-/m1/s1. The molecule has 1 aliphatic rings. The number of piperazine rings is 1. The van der Waals surface area contributed by atoms with Crippen molar-refractivity contribution in [1.29, 1.82) is 0 Å². The molecule has 5 nitrogen and oxygen atoms in total. The highest BCUT2D eigenvalue weighted by Crippen LogP contribution is 2.16. The van der Waals surface area contributed by atoms with E-state index < -0.39 is 0 Å². The van der Waals surface area contributed by atoms with Crippen LogP contribution in [0.1, 0.15) is 25.5 Å². The van der Waals surface area contributed by atoms with E-state index in [1.807, 2.05) is 18.2 Å². The normalized spacial score (nSPS) is 18.1. The molecule has 24 heavy (non-hydrogen) atoms. The Hall–Kier alpha value is -1.43. The zero-order valence-corrected chi connectivity index (χ0v) is 15.5. The van der Waals surface area contributed by atoms with Crippen LogP contribution in [-0.2, 0) is 4.79 Å². The Morgan fingerprint density at radius 1 is 1.12 bits per heavy atom. The lowest BCUT2D eigenvalue weighted by atomic mass is 10.1. The number of hydrogen-bond donors (Lipinski definition) is 1. The molecule has 1 saturated heterocycles. The van der Waals surface area contributed by atoms with Crippen molar-refractivity contribution in [2.45, 2.75) is 25.9 Å². The molecule has 2 rings (SSSR count). The molecular weight excluding hydrogens is 300 g/mol. The Morgan fingerprint density at radius 3 is 2.29 bits per heavy atom. The highest BCUT2D eigenvalue weighted by Gasteiger charge is 2.21. The van der Waals surface area contributed by atoms with Gasteiger partial charge in [0.05, 0.1) is 12.6 Å². The fraction of sp³-hybridized carbons (Fsp3) is 0.632. The van der Waals surface area contributed by atoms with E-state index >= 15 is 0 Å². The largest absolute Gasteiger partial charge is 0.353 e. The number of benzene rings is 1. The van der Waals surface area contributed by atoms with Gasteiger partial charge in [0.1, 0.15) is 0 Å². The van der Waals surface area contributed by atoms with E-state index in [2.05, 4.69) is 60.1 Å². The van der Waals surface area contributed by atoms with E-state index in [0.717, 1.165) is 26.2 Å². The summed E-state index contributed by atoms with van der Waals surface area (Å²) in [5.41, 5.74) is 1.23. The minimum Gasteiger partial charge on any atom is -0.353 e. The van der Waals surface area contributed by atoms with Crippen LogP contribution in [0, 0.1) is 0 Å². The molecule has 0 aromatic heterocycles. The van der Waals surface area contributed by atoms with Crippen molar-refractivity contribution in [3.8, 4) is 0 Å². The molecule has 0 unspecified atom stereocenters. The van der Waals surface area contributed by atoms with E-state index in [1.165, 1.54) is 5.56 Å². The zero-order valence-electron chi connectivity index (χ0n) is 15.5. The summed E-state index contributed by atoms with van der Waals surface area (Å²) in [7, 11) is 4.10. The van der Waals surface area contributed by atoms with E-state index in [-0.39, 0.29) is 11.9 Å². The Kier molecular flexibility index (Phi) is 7.21. The maximum atomic E-state index is 12.3. The zero-order chi connectivity index (χ0) is 17.5. The Morgan fingerprint density at radius 2 is 1.75 bits per heavy atom. The average molecular weight is 332 g/mol. The van der Waals surface area contributed by atoms with Crippen molar-refractivity contribution in [2.24, 2.45) is 0 Å². The van der Waals surface area contributed by atoms with E-state index in [9.17, 15) is 4.79 Å². The van der Waals surface area contributed by atoms with Crippen LogP contribution in [0.2, 0.25) is 0 Å². The van der Waals surface area contributed by atoms with Gasteiger partial charge in [-0.3, -0.25) is 14.6 Å². The van der Waals surface area contributed by atoms with Gasteiger partial charge in [0.15, 0.2) is 0 Å². The maximum Gasteiger partial charge on any atom is 0.234 e. The fourth-order valence-corrected chi connectivity index (χ4v) is 3.18. The van der Waals surface area contributed by atoms with Crippen molar-refractivity contribution in [2.75, 3.05) is 53.4 Å². The predicted molar refractivity (Wildman–Crippen MR) is 99.0 cm³/mol. The van der Waals surface area contributed by atoms with Gasteiger partial charge in [-0.2, -0.15) is 0 Å². The van der Waals surface area contributed by atoms with Gasteiger partial charge in [0.2, 0.25) is 5.91 Å². The third-order valence-electron chi connectivity index (χ3n) is 4.80. The number of amides is 1. The predicted octanol–water partition coefficient (Wildman–Crippen LogP) is 1.43. The molecule has 1 aromatic rings. The molecule has 0 spiro atoms. The highest BCUT2D eigenvalue weighted by molar-refractivity contribution is 5.78. The minimum absolute atomic E-state index is 0.121. The molecule has 1 fully saturated rings. The van der Waals surface area contributed by atoms with Crippen LogP contribution < -0.4 is 5.32 Å². The summed E-state index contributed by atoms with van der Waals surface area (Å²) in [6, 6.07) is 11.1. The van der Waals surface area contributed by atoms with Gasteiger partial charge in [-0.15, -0.1) is 0 Å². The van der Waals surface area contributed by atoms with Crippen molar-refractivity contribution in [3.05, 3.63) is 35.9 Å². The smallest absolute Gasteiger partial charge is 0.234 e. The Balaban J connectivity index is 1.78. The molecule has 1 heterocycles. The van der Waals surface area contributed by atoms with Gasteiger partial charge in [0, 0.05) is 38.8 Å². The van der Waals surface area contributed by atoms with Crippen LogP contribution in [0.15, 0.2) is 30.3 Å². The van der Waals surface area contributed by atoms with E-state index in [4.69, 9.17) is 0 Å². The topological polar surface area (TPSA) is 38.8 Å². The van der Waals surface area contributed by atoms with Crippen LogP contribution in [0.5, 0.6) is 0 Å². The second-order valence-electron chi connectivity index (χ2n) is 7.10. The third kappa shape index (κ3) is 5.58. The van der Waals surface area contributed by atoms with Crippen molar-refractivity contribution in [1.82, 2.24) is 20.0 Å². The highest BCUT2D eigenvalue weighted by atomic mass is 16.2. The number of carbonyl (C=O) groups excluding carboxylic acids is 1. The van der Waals surface area contributed by atoms with Crippen LogP contribution in [0.3, 0.4) is 0 Å². The molecule has 5 heteroatoms. The van der Waals surface area contributed by atoms with Crippen molar-refractivity contribution >= 4 is 5.91 Å².